The van der Waals surface area contributed by atoms with Gasteiger partial charge in [0.1, 0.15) is 5.75 Å². The number of para-hydroxylation sites is 1. The molecule has 0 aliphatic carbocycles. The molecule has 144 valence electrons. The van der Waals surface area contributed by atoms with Crippen molar-refractivity contribution in [3.63, 3.8) is 0 Å². The Hall–Kier alpha value is -3.66. The third kappa shape index (κ3) is 4.11. The van der Waals surface area contributed by atoms with Gasteiger partial charge in [0.2, 0.25) is 0 Å². The number of amides is 1. The molecule has 0 saturated carbocycles. The maximum absolute atomic E-state index is 13.1. The molecule has 4 heteroatoms. The van der Waals surface area contributed by atoms with Crippen LogP contribution < -0.4 is 10.1 Å². The summed E-state index contributed by atoms with van der Waals surface area (Å²) in [5.41, 5.74) is 4.94. The monoisotopic (exact) mass is 382 g/mol. The van der Waals surface area contributed by atoms with Crippen LogP contribution >= 0.6 is 0 Å². The average Bonchev–Trinajstić information content (AvgIpc) is 2.74. The van der Waals surface area contributed by atoms with Crippen LogP contribution in [0.5, 0.6) is 5.75 Å². The average molecular weight is 382 g/mol. The number of aryl methyl sites for hydroxylation is 1. The number of rotatable bonds is 5. The molecule has 0 radical (unpaired) electrons. The molecule has 3 aromatic carbocycles. The number of carbonyl (C=O) groups excluding carboxylic acids is 1. The molecule has 0 spiro atoms. The van der Waals surface area contributed by atoms with Gasteiger partial charge in [-0.25, -0.2) is 4.98 Å². The third-order valence-electron chi connectivity index (χ3n) is 4.70. The second kappa shape index (κ2) is 8.15. The minimum Gasteiger partial charge on any atom is -0.494 e. The summed E-state index contributed by atoms with van der Waals surface area (Å²) in [7, 11) is 0. The number of benzene rings is 3. The van der Waals surface area contributed by atoms with E-state index in [2.05, 4.69) is 5.32 Å². The van der Waals surface area contributed by atoms with Gasteiger partial charge in [-0.1, -0.05) is 30.3 Å². The number of nitrogens with zero attached hydrogens (tertiary/aromatic N) is 1. The van der Waals surface area contributed by atoms with Crippen LogP contribution in [0.1, 0.15) is 22.8 Å². The Bertz CT molecular complexity index is 1170. The van der Waals surface area contributed by atoms with Crippen LogP contribution in [-0.2, 0) is 0 Å². The molecule has 0 saturated heterocycles. The second-order valence-corrected chi connectivity index (χ2v) is 6.85. The van der Waals surface area contributed by atoms with Crippen molar-refractivity contribution in [2.75, 3.05) is 11.9 Å². The summed E-state index contributed by atoms with van der Waals surface area (Å²) < 4.78 is 5.52. The number of nitrogens with one attached hydrogen (secondary N) is 1. The maximum atomic E-state index is 13.1. The number of fused-ring (bicyclic) bond motifs is 1. The molecule has 4 nitrogen and oxygen atoms in total. The lowest BCUT2D eigenvalue weighted by atomic mass is 10.0. The van der Waals surface area contributed by atoms with Gasteiger partial charge >= 0.3 is 0 Å². The van der Waals surface area contributed by atoms with E-state index in [1.807, 2.05) is 92.7 Å². The zero-order valence-corrected chi connectivity index (χ0v) is 16.5. The van der Waals surface area contributed by atoms with E-state index in [1.165, 1.54) is 0 Å². The van der Waals surface area contributed by atoms with Gasteiger partial charge in [-0.05, 0) is 67.9 Å². The molecule has 1 aromatic heterocycles. The van der Waals surface area contributed by atoms with Gasteiger partial charge in [-0.2, -0.15) is 0 Å². The fourth-order valence-electron chi connectivity index (χ4n) is 3.32. The van der Waals surface area contributed by atoms with Gasteiger partial charge in [0.05, 0.1) is 23.4 Å². The molecule has 0 atom stereocenters. The van der Waals surface area contributed by atoms with Crippen molar-refractivity contribution < 1.29 is 9.53 Å². The van der Waals surface area contributed by atoms with Crippen LogP contribution in [0.15, 0.2) is 78.9 Å². The van der Waals surface area contributed by atoms with E-state index in [0.29, 0.717) is 12.2 Å². The van der Waals surface area contributed by atoms with Crippen LogP contribution in [0.25, 0.3) is 22.2 Å². The summed E-state index contributed by atoms with van der Waals surface area (Å²) in [6, 6.07) is 25.1. The summed E-state index contributed by atoms with van der Waals surface area (Å²) in [4.78, 5) is 17.9. The van der Waals surface area contributed by atoms with Gasteiger partial charge < -0.3 is 10.1 Å². The van der Waals surface area contributed by atoms with Crippen LogP contribution in [-0.4, -0.2) is 17.5 Å². The molecular weight excluding hydrogens is 360 g/mol. The lowest BCUT2D eigenvalue weighted by Crippen LogP contribution is -2.13. The first-order chi connectivity index (χ1) is 14.1. The van der Waals surface area contributed by atoms with E-state index in [1.54, 1.807) is 0 Å². The summed E-state index contributed by atoms with van der Waals surface area (Å²) >= 11 is 0. The molecule has 4 rings (SSSR count). The predicted molar refractivity (Wildman–Crippen MR) is 117 cm³/mol. The van der Waals surface area contributed by atoms with Crippen molar-refractivity contribution in [3.05, 3.63) is 90.0 Å². The van der Waals surface area contributed by atoms with Gasteiger partial charge in [0.15, 0.2) is 0 Å². The molecule has 0 bridgehead atoms. The second-order valence-electron chi connectivity index (χ2n) is 6.85. The van der Waals surface area contributed by atoms with Crippen LogP contribution in [0.4, 0.5) is 5.69 Å². The van der Waals surface area contributed by atoms with Gasteiger partial charge in [0, 0.05) is 16.6 Å². The standard InChI is InChI=1S/C25H22N2O2/c1-3-29-20-13-11-18(12-14-20)24-16-22(21-9-4-5-10-23(21)27-24)25(28)26-19-8-6-7-17(2)15-19/h4-16H,3H2,1-2H3,(H,26,28). The topological polar surface area (TPSA) is 51.2 Å². The van der Waals surface area contributed by atoms with Crippen LogP contribution in [0, 0.1) is 6.92 Å². The van der Waals surface area contributed by atoms with E-state index >= 15 is 0 Å². The normalized spacial score (nSPS) is 10.7. The molecule has 1 heterocycles. The Morgan fingerprint density at radius 2 is 1.76 bits per heavy atom. The lowest BCUT2D eigenvalue weighted by Gasteiger charge is -2.11. The highest BCUT2D eigenvalue weighted by Gasteiger charge is 2.14. The van der Waals surface area contributed by atoms with Gasteiger partial charge in [-0.3, -0.25) is 4.79 Å². The SMILES string of the molecule is CCOc1ccc(-c2cc(C(=O)Nc3cccc(C)c3)c3ccccc3n2)cc1. The molecule has 0 unspecified atom stereocenters. The quantitative estimate of drug-likeness (QED) is 0.470. The minimum atomic E-state index is -0.151. The Morgan fingerprint density at radius 3 is 2.52 bits per heavy atom. The first kappa shape index (κ1) is 18.7. The predicted octanol–water partition coefficient (Wildman–Crippen LogP) is 5.86. The highest BCUT2D eigenvalue weighted by atomic mass is 16.5. The molecule has 1 N–H and O–H groups in total. The molecule has 0 fully saturated rings. The Labute approximate surface area is 170 Å². The largest absolute Gasteiger partial charge is 0.494 e. The zero-order valence-electron chi connectivity index (χ0n) is 16.5. The summed E-state index contributed by atoms with van der Waals surface area (Å²) in [6.07, 6.45) is 0. The number of anilines is 1. The lowest BCUT2D eigenvalue weighted by molar-refractivity contribution is 0.102. The Kier molecular flexibility index (Phi) is 5.25. The minimum absolute atomic E-state index is 0.151. The van der Waals surface area contributed by atoms with E-state index in [9.17, 15) is 4.79 Å². The first-order valence-corrected chi connectivity index (χ1v) is 9.65. The fraction of sp³-hybridized carbons (Fsp3) is 0.120. The molecular formula is C25H22N2O2. The van der Waals surface area contributed by atoms with Gasteiger partial charge in [-0.15, -0.1) is 0 Å². The van der Waals surface area contributed by atoms with Crippen molar-refractivity contribution in [3.8, 4) is 17.0 Å². The van der Waals surface area contributed by atoms with Crippen molar-refractivity contribution in [1.29, 1.82) is 0 Å². The molecule has 1 amide bonds. The number of ether oxygens (including phenoxy) is 1. The Morgan fingerprint density at radius 1 is 0.966 bits per heavy atom. The van der Waals surface area contributed by atoms with Crippen LogP contribution in [0.3, 0.4) is 0 Å². The van der Waals surface area contributed by atoms with E-state index < -0.39 is 0 Å². The zero-order chi connectivity index (χ0) is 20.2. The summed E-state index contributed by atoms with van der Waals surface area (Å²) in [5.74, 6) is 0.663. The molecule has 29 heavy (non-hydrogen) atoms. The number of carbonyl (C=O) groups is 1. The first-order valence-electron chi connectivity index (χ1n) is 9.65. The number of hydrogen-bond donors (Lipinski definition) is 1. The molecule has 4 aromatic rings. The number of hydrogen-bond acceptors (Lipinski definition) is 3. The van der Waals surface area contributed by atoms with E-state index in [0.717, 1.165) is 39.2 Å². The molecule has 0 aliphatic heterocycles. The maximum Gasteiger partial charge on any atom is 0.256 e. The molecule has 0 aliphatic rings. The van der Waals surface area contributed by atoms with Crippen molar-refractivity contribution in [2.24, 2.45) is 0 Å². The van der Waals surface area contributed by atoms with Crippen molar-refractivity contribution >= 4 is 22.5 Å². The van der Waals surface area contributed by atoms with Crippen molar-refractivity contribution in [2.45, 2.75) is 13.8 Å². The number of aromatic nitrogens is 1. The van der Waals surface area contributed by atoms with Crippen LogP contribution in [0.2, 0.25) is 0 Å². The summed E-state index contributed by atoms with van der Waals surface area (Å²) in [5, 5.41) is 3.84. The highest BCUT2D eigenvalue weighted by Crippen LogP contribution is 2.27. The smallest absolute Gasteiger partial charge is 0.256 e. The highest BCUT2D eigenvalue weighted by molar-refractivity contribution is 6.13. The summed E-state index contributed by atoms with van der Waals surface area (Å²) in [6.45, 7) is 4.58. The third-order valence-corrected chi connectivity index (χ3v) is 4.70. The van der Waals surface area contributed by atoms with E-state index in [-0.39, 0.29) is 5.91 Å². The fourth-order valence-corrected chi connectivity index (χ4v) is 3.32. The van der Waals surface area contributed by atoms with Crippen molar-refractivity contribution in [1.82, 2.24) is 4.98 Å². The van der Waals surface area contributed by atoms with E-state index in [4.69, 9.17) is 9.72 Å². The van der Waals surface area contributed by atoms with Gasteiger partial charge in [0.25, 0.3) is 5.91 Å². The number of pyridine rings is 1. The Balaban J connectivity index is 1.75.